The monoisotopic (exact) mass is 258 g/mol. The van der Waals surface area contributed by atoms with Crippen molar-refractivity contribution in [2.75, 3.05) is 0 Å². The van der Waals surface area contributed by atoms with Crippen LogP contribution in [0.1, 0.15) is 12.3 Å². The molecule has 0 aromatic carbocycles. The number of aliphatic carboxylic acids is 1. The quantitative estimate of drug-likeness (QED) is 0.912. The molecule has 0 amide bonds. The summed E-state index contributed by atoms with van der Waals surface area (Å²) in [5.41, 5.74) is 0. The van der Waals surface area contributed by atoms with Gasteiger partial charge in [-0.25, -0.2) is 0 Å². The predicted molar refractivity (Wildman–Crippen MR) is 58.6 cm³/mol. The molecule has 16 heavy (non-hydrogen) atoms. The summed E-state index contributed by atoms with van der Waals surface area (Å²) in [7, 11) is 0. The second kappa shape index (κ2) is 4.63. The van der Waals surface area contributed by atoms with Crippen molar-refractivity contribution >= 4 is 28.9 Å². The van der Waals surface area contributed by atoms with Gasteiger partial charge in [-0.2, -0.15) is 0 Å². The molecule has 0 aliphatic carbocycles. The Kier molecular flexibility index (Phi) is 3.21. The molecule has 84 valence electrons. The van der Waals surface area contributed by atoms with Crippen LogP contribution in [0, 0.1) is 0 Å². The zero-order valence-electron chi connectivity index (χ0n) is 8.01. The van der Waals surface area contributed by atoms with E-state index in [1.807, 2.05) is 5.38 Å². The van der Waals surface area contributed by atoms with Crippen molar-refractivity contribution in [3.05, 3.63) is 22.4 Å². The number of carboxylic acids is 1. The third-order valence-electron chi connectivity index (χ3n) is 1.83. The Morgan fingerprint density at radius 1 is 1.56 bits per heavy atom. The first-order valence-corrected chi connectivity index (χ1v) is 5.70. The summed E-state index contributed by atoms with van der Waals surface area (Å²) >= 11 is 7.30. The second-order valence-electron chi connectivity index (χ2n) is 2.99. The molecule has 0 bridgehead atoms. The lowest BCUT2D eigenvalue weighted by atomic mass is 10.3. The standard InChI is InChI=1S/C9H7ClN2O3S/c10-5-3-4-16-8(5)9-12-11-6(15-9)1-2-7(13)14/h3-4H,1-2H2,(H,13,14). The molecule has 1 N–H and O–H groups in total. The molecule has 0 aliphatic rings. The lowest BCUT2D eigenvalue weighted by Crippen LogP contribution is -1.97. The predicted octanol–water partition coefficient (Wildman–Crippen LogP) is 2.47. The third-order valence-corrected chi connectivity index (χ3v) is 3.16. The summed E-state index contributed by atoms with van der Waals surface area (Å²) in [5.74, 6) is -0.254. The Hall–Kier alpha value is -1.40. The van der Waals surface area contributed by atoms with E-state index in [0.29, 0.717) is 21.7 Å². The van der Waals surface area contributed by atoms with E-state index >= 15 is 0 Å². The molecule has 2 heterocycles. The molecule has 2 rings (SSSR count). The van der Waals surface area contributed by atoms with Gasteiger partial charge in [0.05, 0.1) is 11.4 Å². The fourth-order valence-electron chi connectivity index (χ4n) is 1.11. The molecule has 0 unspecified atom stereocenters. The van der Waals surface area contributed by atoms with E-state index in [1.165, 1.54) is 11.3 Å². The van der Waals surface area contributed by atoms with Gasteiger partial charge in [0.15, 0.2) is 0 Å². The van der Waals surface area contributed by atoms with E-state index < -0.39 is 5.97 Å². The third kappa shape index (κ3) is 2.40. The molecule has 0 spiro atoms. The Labute approximate surface area is 99.7 Å². The first kappa shape index (κ1) is 11.1. The summed E-state index contributed by atoms with van der Waals surface area (Å²) in [5, 5.41) is 18.4. The van der Waals surface area contributed by atoms with Crippen LogP contribution in [0.4, 0.5) is 0 Å². The van der Waals surface area contributed by atoms with E-state index in [2.05, 4.69) is 10.2 Å². The minimum atomic E-state index is -0.895. The molecule has 0 aliphatic heterocycles. The van der Waals surface area contributed by atoms with Gasteiger partial charge in [-0.05, 0) is 11.4 Å². The Balaban J connectivity index is 2.14. The van der Waals surface area contributed by atoms with Gasteiger partial charge in [0, 0.05) is 6.42 Å². The summed E-state index contributed by atoms with van der Waals surface area (Å²) in [4.78, 5) is 11.1. The van der Waals surface area contributed by atoms with E-state index in [0.717, 1.165) is 0 Å². The number of thiophene rings is 1. The first-order chi connectivity index (χ1) is 7.66. The van der Waals surface area contributed by atoms with Crippen LogP contribution in [0.2, 0.25) is 5.02 Å². The summed E-state index contributed by atoms with van der Waals surface area (Å²) < 4.78 is 5.30. The minimum absolute atomic E-state index is 0.0280. The molecule has 0 saturated carbocycles. The summed E-state index contributed by atoms with van der Waals surface area (Å²) in [6.45, 7) is 0. The van der Waals surface area contributed by atoms with Crippen LogP contribution >= 0.6 is 22.9 Å². The number of aromatic nitrogens is 2. The number of hydrogen-bond donors (Lipinski definition) is 1. The van der Waals surface area contributed by atoms with Crippen molar-refractivity contribution in [2.45, 2.75) is 12.8 Å². The Bertz CT molecular complexity index is 508. The Morgan fingerprint density at radius 2 is 2.38 bits per heavy atom. The highest BCUT2D eigenvalue weighted by Gasteiger charge is 2.13. The molecule has 0 radical (unpaired) electrons. The van der Waals surface area contributed by atoms with Gasteiger partial charge in [0.2, 0.25) is 5.89 Å². The second-order valence-corrected chi connectivity index (χ2v) is 4.32. The van der Waals surface area contributed by atoms with Gasteiger partial charge in [0.1, 0.15) is 4.88 Å². The van der Waals surface area contributed by atoms with Crippen molar-refractivity contribution in [3.63, 3.8) is 0 Å². The molecule has 0 saturated heterocycles. The molecule has 0 fully saturated rings. The SMILES string of the molecule is O=C(O)CCc1nnc(-c2sccc2Cl)o1. The van der Waals surface area contributed by atoms with Gasteiger partial charge in [-0.3, -0.25) is 4.79 Å². The maximum Gasteiger partial charge on any atom is 0.303 e. The number of aryl methyl sites for hydroxylation is 1. The van der Waals surface area contributed by atoms with Gasteiger partial charge >= 0.3 is 5.97 Å². The molecule has 2 aromatic rings. The van der Waals surface area contributed by atoms with Crippen molar-refractivity contribution in [1.29, 1.82) is 0 Å². The molecular weight excluding hydrogens is 252 g/mol. The van der Waals surface area contributed by atoms with Crippen LogP contribution in [0.15, 0.2) is 15.9 Å². The molecule has 0 atom stereocenters. The highest BCUT2D eigenvalue weighted by atomic mass is 35.5. The summed E-state index contributed by atoms with van der Waals surface area (Å²) in [6.07, 6.45) is 0.200. The van der Waals surface area contributed by atoms with E-state index in [-0.39, 0.29) is 12.8 Å². The van der Waals surface area contributed by atoms with Crippen LogP contribution < -0.4 is 0 Å². The maximum atomic E-state index is 10.4. The number of hydrogen-bond acceptors (Lipinski definition) is 5. The van der Waals surface area contributed by atoms with Gasteiger partial charge in [-0.15, -0.1) is 21.5 Å². The average molecular weight is 259 g/mol. The number of nitrogens with zero attached hydrogens (tertiary/aromatic N) is 2. The topological polar surface area (TPSA) is 76.2 Å². The van der Waals surface area contributed by atoms with Crippen LogP contribution in [-0.4, -0.2) is 21.3 Å². The maximum absolute atomic E-state index is 10.4. The molecule has 7 heteroatoms. The van der Waals surface area contributed by atoms with Gasteiger partial charge < -0.3 is 9.52 Å². The number of rotatable bonds is 4. The number of carbonyl (C=O) groups is 1. The van der Waals surface area contributed by atoms with Gasteiger partial charge in [0.25, 0.3) is 5.89 Å². The van der Waals surface area contributed by atoms with Gasteiger partial charge in [-0.1, -0.05) is 11.6 Å². The largest absolute Gasteiger partial charge is 0.481 e. The van der Waals surface area contributed by atoms with Crippen LogP contribution in [-0.2, 0) is 11.2 Å². The fraction of sp³-hybridized carbons (Fsp3) is 0.222. The van der Waals surface area contributed by atoms with Crippen LogP contribution in [0.25, 0.3) is 10.8 Å². The van der Waals surface area contributed by atoms with Crippen molar-refractivity contribution < 1.29 is 14.3 Å². The highest BCUT2D eigenvalue weighted by Crippen LogP contribution is 2.32. The average Bonchev–Trinajstić information content (AvgIpc) is 2.83. The van der Waals surface area contributed by atoms with Crippen LogP contribution in [0.3, 0.4) is 0 Å². The van der Waals surface area contributed by atoms with E-state index in [4.69, 9.17) is 21.1 Å². The minimum Gasteiger partial charge on any atom is -0.481 e. The fourth-order valence-corrected chi connectivity index (χ4v) is 2.16. The molecule has 5 nitrogen and oxygen atoms in total. The lowest BCUT2D eigenvalue weighted by molar-refractivity contribution is -0.137. The molecular formula is C9H7ClN2O3S. The van der Waals surface area contributed by atoms with Crippen LogP contribution in [0.5, 0.6) is 0 Å². The normalized spacial score (nSPS) is 10.6. The first-order valence-electron chi connectivity index (χ1n) is 4.44. The zero-order valence-corrected chi connectivity index (χ0v) is 9.59. The summed E-state index contributed by atoms with van der Waals surface area (Å²) in [6, 6.07) is 1.74. The highest BCUT2D eigenvalue weighted by molar-refractivity contribution is 7.14. The lowest BCUT2D eigenvalue weighted by Gasteiger charge is -1.90. The number of carboxylic acid groups (broad SMARTS) is 1. The molecule has 2 aromatic heterocycles. The Morgan fingerprint density at radius 3 is 3.00 bits per heavy atom. The van der Waals surface area contributed by atoms with Crippen molar-refractivity contribution in [3.8, 4) is 10.8 Å². The zero-order chi connectivity index (χ0) is 11.5. The number of halogens is 1. The smallest absolute Gasteiger partial charge is 0.303 e. The van der Waals surface area contributed by atoms with E-state index in [9.17, 15) is 4.79 Å². The van der Waals surface area contributed by atoms with Crippen molar-refractivity contribution in [1.82, 2.24) is 10.2 Å². The van der Waals surface area contributed by atoms with E-state index in [1.54, 1.807) is 6.07 Å². The van der Waals surface area contributed by atoms with Crippen molar-refractivity contribution in [2.24, 2.45) is 0 Å².